The summed E-state index contributed by atoms with van der Waals surface area (Å²) >= 11 is 0. The van der Waals surface area contributed by atoms with Gasteiger partial charge in [-0.15, -0.1) is 0 Å². The molecule has 1 saturated heterocycles. The fourth-order valence-electron chi connectivity index (χ4n) is 1.83. The van der Waals surface area contributed by atoms with Crippen LogP contribution < -0.4 is 10.6 Å². The van der Waals surface area contributed by atoms with Crippen LogP contribution in [-0.2, 0) is 4.74 Å². The molecule has 0 aromatic carbocycles. The highest BCUT2D eigenvalue weighted by Gasteiger charge is 2.32. The molecule has 2 amide bonds. The van der Waals surface area contributed by atoms with Crippen LogP contribution in [0.1, 0.15) is 33.1 Å². The minimum absolute atomic E-state index is 0.292. The number of amides is 2. The lowest BCUT2D eigenvalue weighted by Crippen LogP contribution is -2.50. The molecule has 0 spiro atoms. The Kier molecular flexibility index (Phi) is 5.67. The summed E-state index contributed by atoms with van der Waals surface area (Å²) in [5.41, 5.74) is 0. The summed E-state index contributed by atoms with van der Waals surface area (Å²) in [6.07, 6.45) is -0.417. The van der Waals surface area contributed by atoms with Gasteiger partial charge in [0.25, 0.3) is 0 Å². The van der Waals surface area contributed by atoms with Gasteiger partial charge in [0.15, 0.2) is 6.29 Å². The van der Waals surface area contributed by atoms with Crippen molar-refractivity contribution >= 4 is 6.03 Å². The minimum atomic E-state index is -0.870. The fourth-order valence-corrected chi connectivity index (χ4v) is 1.83. The number of rotatable bonds is 3. The summed E-state index contributed by atoms with van der Waals surface area (Å²) in [5.74, 6) is 0. The van der Waals surface area contributed by atoms with Gasteiger partial charge in [0.05, 0.1) is 12.1 Å². The van der Waals surface area contributed by atoms with E-state index in [-0.39, 0.29) is 12.1 Å². The van der Waals surface area contributed by atoms with Crippen molar-refractivity contribution in [2.45, 2.75) is 57.6 Å². The molecule has 1 fully saturated rings. The molecular formula is C11H22N2O4. The summed E-state index contributed by atoms with van der Waals surface area (Å²) in [7, 11) is 0. The summed E-state index contributed by atoms with van der Waals surface area (Å²) in [5, 5.41) is 24.7. The topological polar surface area (TPSA) is 90.8 Å². The van der Waals surface area contributed by atoms with Crippen molar-refractivity contribution in [3.05, 3.63) is 0 Å². The van der Waals surface area contributed by atoms with Gasteiger partial charge in [-0.1, -0.05) is 6.92 Å². The molecule has 4 atom stereocenters. The smallest absolute Gasteiger partial charge is 0.315 e. The van der Waals surface area contributed by atoms with E-state index in [0.717, 1.165) is 6.42 Å². The Bertz CT molecular complexity index is 250. The van der Waals surface area contributed by atoms with Crippen LogP contribution in [0.2, 0.25) is 0 Å². The van der Waals surface area contributed by atoms with Gasteiger partial charge in [-0.2, -0.15) is 0 Å². The number of hydrogen-bond acceptors (Lipinski definition) is 4. The quantitative estimate of drug-likeness (QED) is 0.561. The Morgan fingerprint density at radius 3 is 2.76 bits per heavy atom. The zero-order valence-corrected chi connectivity index (χ0v) is 10.3. The number of ether oxygens (including phenoxy) is 1. The van der Waals surface area contributed by atoms with Gasteiger partial charge in [-0.05, 0) is 19.8 Å². The number of hydrogen-bond donors (Lipinski definition) is 4. The molecule has 0 radical (unpaired) electrons. The van der Waals surface area contributed by atoms with Gasteiger partial charge in [0.1, 0.15) is 6.10 Å². The molecule has 1 aliphatic rings. The first-order valence-electron chi connectivity index (χ1n) is 6.10. The van der Waals surface area contributed by atoms with Gasteiger partial charge in [0.2, 0.25) is 0 Å². The predicted octanol–water partition coefficient (Wildman–Crippen LogP) is -0.0576. The standard InChI is InChI=1S/C11H22N2O4/c1-3-6-12-11(16)13-8-4-5-9(14)17-7(2)10(8)15/h7-10,14-15H,3-6H2,1-2H3,(H2,12,13,16). The SMILES string of the molecule is CCCNC(=O)NC1CCC(O)OC(C)C1O. The normalized spacial score (nSPS) is 33.9. The van der Waals surface area contributed by atoms with Crippen molar-refractivity contribution in [3.63, 3.8) is 0 Å². The number of aliphatic hydroxyl groups is 2. The maximum absolute atomic E-state index is 11.5. The predicted molar refractivity (Wildman–Crippen MR) is 62.4 cm³/mol. The van der Waals surface area contributed by atoms with Crippen molar-refractivity contribution < 1.29 is 19.7 Å². The molecule has 17 heavy (non-hydrogen) atoms. The number of nitrogens with one attached hydrogen (secondary N) is 2. The van der Waals surface area contributed by atoms with Crippen LogP contribution in [0.25, 0.3) is 0 Å². The Balaban J connectivity index is 2.47. The molecule has 6 heteroatoms. The maximum Gasteiger partial charge on any atom is 0.315 e. The van der Waals surface area contributed by atoms with Gasteiger partial charge in [0, 0.05) is 13.0 Å². The molecule has 0 aromatic rings. The second-order valence-electron chi connectivity index (χ2n) is 4.37. The van der Waals surface area contributed by atoms with Crippen molar-refractivity contribution in [2.75, 3.05) is 6.54 Å². The number of carbonyl (C=O) groups is 1. The summed E-state index contributed by atoms with van der Waals surface area (Å²) in [6.45, 7) is 4.24. The van der Waals surface area contributed by atoms with Gasteiger partial charge < -0.3 is 25.6 Å². The summed E-state index contributed by atoms with van der Waals surface area (Å²) in [6, 6.07) is -0.682. The fraction of sp³-hybridized carbons (Fsp3) is 0.909. The van der Waals surface area contributed by atoms with Crippen LogP contribution >= 0.6 is 0 Å². The summed E-state index contributed by atoms with van der Waals surface area (Å²) < 4.78 is 5.15. The van der Waals surface area contributed by atoms with E-state index in [0.29, 0.717) is 19.4 Å². The molecule has 0 saturated carbocycles. The zero-order valence-electron chi connectivity index (χ0n) is 10.3. The third-order valence-corrected chi connectivity index (χ3v) is 2.84. The van der Waals surface area contributed by atoms with Gasteiger partial charge >= 0.3 is 6.03 Å². The van der Waals surface area contributed by atoms with Crippen LogP contribution in [-0.4, -0.2) is 47.3 Å². The summed E-state index contributed by atoms with van der Waals surface area (Å²) in [4.78, 5) is 11.5. The Hall–Kier alpha value is -0.850. The van der Waals surface area contributed by atoms with E-state index < -0.39 is 18.5 Å². The van der Waals surface area contributed by atoms with Crippen LogP contribution in [0.15, 0.2) is 0 Å². The maximum atomic E-state index is 11.5. The molecule has 6 nitrogen and oxygen atoms in total. The number of carbonyl (C=O) groups excluding carboxylic acids is 1. The molecule has 0 aliphatic carbocycles. The second kappa shape index (κ2) is 6.78. The molecule has 4 N–H and O–H groups in total. The third kappa shape index (κ3) is 4.49. The molecule has 1 aliphatic heterocycles. The third-order valence-electron chi connectivity index (χ3n) is 2.84. The van der Waals surface area contributed by atoms with Gasteiger partial charge in [-0.25, -0.2) is 4.79 Å². The van der Waals surface area contributed by atoms with Crippen LogP contribution in [0.3, 0.4) is 0 Å². The molecule has 100 valence electrons. The first kappa shape index (κ1) is 14.2. The van der Waals surface area contributed by atoms with Crippen molar-refractivity contribution in [2.24, 2.45) is 0 Å². The molecule has 4 unspecified atom stereocenters. The highest BCUT2D eigenvalue weighted by molar-refractivity contribution is 5.74. The lowest BCUT2D eigenvalue weighted by atomic mass is 10.0. The van der Waals surface area contributed by atoms with E-state index in [4.69, 9.17) is 4.74 Å². The van der Waals surface area contributed by atoms with Crippen molar-refractivity contribution in [1.29, 1.82) is 0 Å². The number of aliphatic hydroxyl groups excluding tert-OH is 2. The largest absolute Gasteiger partial charge is 0.388 e. The van der Waals surface area contributed by atoms with Crippen molar-refractivity contribution in [1.82, 2.24) is 10.6 Å². The molecule has 0 aromatic heterocycles. The highest BCUT2D eigenvalue weighted by atomic mass is 16.6. The van der Waals surface area contributed by atoms with Crippen LogP contribution in [0.5, 0.6) is 0 Å². The Labute approximate surface area is 101 Å². The minimum Gasteiger partial charge on any atom is -0.388 e. The number of urea groups is 1. The lowest BCUT2D eigenvalue weighted by molar-refractivity contribution is -0.149. The second-order valence-corrected chi connectivity index (χ2v) is 4.37. The zero-order chi connectivity index (χ0) is 12.8. The van der Waals surface area contributed by atoms with E-state index in [9.17, 15) is 15.0 Å². The highest BCUT2D eigenvalue weighted by Crippen LogP contribution is 2.18. The van der Waals surface area contributed by atoms with E-state index in [1.807, 2.05) is 6.92 Å². The van der Waals surface area contributed by atoms with Crippen LogP contribution in [0.4, 0.5) is 4.79 Å². The molecule has 1 heterocycles. The monoisotopic (exact) mass is 246 g/mol. The van der Waals surface area contributed by atoms with Crippen molar-refractivity contribution in [3.8, 4) is 0 Å². The first-order valence-corrected chi connectivity index (χ1v) is 6.10. The first-order chi connectivity index (χ1) is 8.04. The Morgan fingerprint density at radius 1 is 1.41 bits per heavy atom. The molecule has 0 bridgehead atoms. The molecular weight excluding hydrogens is 224 g/mol. The molecule has 1 rings (SSSR count). The van der Waals surface area contributed by atoms with Gasteiger partial charge in [-0.3, -0.25) is 0 Å². The van der Waals surface area contributed by atoms with Crippen LogP contribution in [0, 0.1) is 0 Å². The van der Waals surface area contributed by atoms with E-state index in [1.54, 1.807) is 6.92 Å². The van der Waals surface area contributed by atoms with E-state index in [1.165, 1.54) is 0 Å². The van der Waals surface area contributed by atoms with E-state index >= 15 is 0 Å². The van der Waals surface area contributed by atoms with E-state index in [2.05, 4.69) is 10.6 Å². The average molecular weight is 246 g/mol. The average Bonchev–Trinajstić information content (AvgIpc) is 2.40. The lowest BCUT2D eigenvalue weighted by Gasteiger charge is -2.25. The Morgan fingerprint density at radius 2 is 2.12 bits per heavy atom.